The lowest BCUT2D eigenvalue weighted by Gasteiger charge is -2.17. The Morgan fingerprint density at radius 2 is 2.27 bits per heavy atom. The minimum atomic E-state index is -3.65. The molecule has 1 heterocycles. The lowest BCUT2D eigenvalue weighted by molar-refractivity contribution is 0.440. The Morgan fingerprint density at radius 3 is 2.67 bits per heavy atom. The van der Waals surface area contributed by atoms with Crippen LogP contribution < -0.4 is 0 Å². The summed E-state index contributed by atoms with van der Waals surface area (Å²) in [4.78, 5) is 3.75. The van der Waals surface area contributed by atoms with Crippen LogP contribution in [0.5, 0.6) is 0 Å². The van der Waals surface area contributed by atoms with E-state index in [9.17, 15) is 8.42 Å². The molecule has 7 heteroatoms. The van der Waals surface area contributed by atoms with Gasteiger partial charge in [-0.2, -0.15) is 9.57 Å². The second kappa shape index (κ2) is 4.00. The molecule has 0 spiro atoms. The molecule has 15 heavy (non-hydrogen) atoms. The minimum Gasteiger partial charge on any atom is -0.339 e. The Hall–Kier alpha value is -1.39. The summed E-state index contributed by atoms with van der Waals surface area (Å²) in [5, 5.41) is 8.59. The summed E-state index contributed by atoms with van der Waals surface area (Å²) in [6.45, 7) is 1.51. The molecule has 0 fully saturated rings. The summed E-state index contributed by atoms with van der Waals surface area (Å²) in [5.41, 5.74) is 0. The molecule has 1 unspecified atom stereocenters. The maximum absolute atomic E-state index is 11.8. The minimum absolute atomic E-state index is 0.0467. The van der Waals surface area contributed by atoms with E-state index in [1.807, 2.05) is 6.07 Å². The van der Waals surface area contributed by atoms with Gasteiger partial charge in [0, 0.05) is 20.3 Å². The third-order valence-electron chi connectivity index (χ3n) is 2.06. The van der Waals surface area contributed by atoms with Crippen molar-refractivity contribution in [3.63, 3.8) is 0 Å². The topological polar surface area (TPSA) is 79.0 Å². The Bertz CT molecular complexity index is 485. The lowest BCUT2D eigenvalue weighted by atomic mass is 10.4. The van der Waals surface area contributed by atoms with Gasteiger partial charge in [-0.15, -0.1) is 0 Å². The van der Waals surface area contributed by atoms with Crippen molar-refractivity contribution in [1.29, 1.82) is 5.26 Å². The van der Waals surface area contributed by atoms with Crippen molar-refractivity contribution in [2.75, 3.05) is 7.05 Å². The first-order valence-electron chi connectivity index (χ1n) is 4.25. The van der Waals surface area contributed by atoms with Crippen LogP contribution in [-0.4, -0.2) is 35.4 Å². The van der Waals surface area contributed by atoms with Crippen molar-refractivity contribution >= 4 is 10.0 Å². The van der Waals surface area contributed by atoms with E-state index in [1.54, 1.807) is 7.05 Å². The fourth-order valence-electron chi connectivity index (χ4n) is 0.959. The van der Waals surface area contributed by atoms with Gasteiger partial charge in [0.25, 0.3) is 10.0 Å². The standard InChI is InChI=1S/C8H12N4O2S/c1-7(4-9)12(3)15(13,14)8-5-11(2)6-10-8/h5-7H,1-3H3. The zero-order valence-corrected chi connectivity index (χ0v) is 9.56. The molecule has 0 aromatic carbocycles. The van der Waals surface area contributed by atoms with E-state index < -0.39 is 16.1 Å². The maximum atomic E-state index is 11.8. The van der Waals surface area contributed by atoms with Gasteiger partial charge in [-0.05, 0) is 6.92 Å². The van der Waals surface area contributed by atoms with Crippen molar-refractivity contribution in [2.45, 2.75) is 18.0 Å². The molecule has 0 radical (unpaired) electrons. The molecular weight excluding hydrogens is 216 g/mol. The largest absolute Gasteiger partial charge is 0.339 e. The molecule has 1 aromatic rings. The van der Waals surface area contributed by atoms with Gasteiger partial charge in [0.15, 0.2) is 5.03 Å². The third-order valence-corrected chi connectivity index (χ3v) is 3.87. The fraction of sp³-hybridized carbons (Fsp3) is 0.500. The van der Waals surface area contributed by atoms with Gasteiger partial charge in [-0.25, -0.2) is 13.4 Å². The van der Waals surface area contributed by atoms with Crippen LogP contribution in [0.2, 0.25) is 0 Å². The molecule has 6 nitrogen and oxygen atoms in total. The number of nitriles is 1. The average molecular weight is 228 g/mol. The molecule has 82 valence electrons. The highest BCUT2D eigenvalue weighted by atomic mass is 32.2. The molecule has 0 aliphatic carbocycles. The molecule has 0 bridgehead atoms. The molecule has 1 aromatic heterocycles. The molecule has 1 rings (SSSR count). The monoisotopic (exact) mass is 228 g/mol. The summed E-state index contributed by atoms with van der Waals surface area (Å²) in [6, 6.07) is 1.15. The summed E-state index contributed by atoms with van der Waals surface area (Å²) >= 11 is 0. The van der Waals surface area contributed by atoms with Gasteiger partial charge in [0.05, 0.1) is 12.4 Å². The number of hydrogen-bond acceptors (Lipinski definition) is 4. The first kappa shape index (κ1) is 11.7. The van der Waals surface area contributed by atoms with E-state index in [0.29, 0.717) is 0 Å². The highest BCUT2D eigenvalue weighted by Gasteiger charge is 2.27. The normalized spacial score (nSPS) is 13.8. The predicted molar refractivity (Wildman–Crippen MR) is 53.2 cm³/mol. The molecule has 0 aliphatic heterocycles. The smallest absolute Gasteiger partial charge is 0.263 e. The van der Waals surface area contributed by atoms with E-state index in [-0.39, 0.29) is 5.03 Å². The Balaban J connectivity index is 3.10. The van der Waals surface area contributed by atoms with E-state index in [2.05, 4.69) is 4.98 Å². The summed E-state index contributed by atoms with van der Waals surface area (Å²) in [6.07, 6.45) is 2.80. The van der Waals surface area contributed by atoms with Crippen molar-refractivity contribution < 1.29 is 8.42 Å². The SMILES string of the molecule is CC(C#N)N(C)S(=O)(=O)c1cn(C)cn1. The second-order valence-corrected chi connectivity index (χ2v) is 5.15. The van der Waals surface area contributed by atoms with Crippen LogP contribution in [0, 0.1) is 11.3 Å². The van der Waals surface area contributed by atoms with Crippen LogP contribution >= 0.6 is 0 Å². The third kappa shape index (κ3) is 2.16. The van der Waals surface area contributed by atoms with Crippen LogP contribution in [-0.2, 0) is 17.1 Å². The highest BCUT2D eigenvalue weighted by molar-refractivity contribution is 7.89. The summed E-state index contributed by atoms with van der Waals surface area (Å²) in [7, 11) is -0.611. The molecule has 0 amide bonds. The van der Waals surface area contributed by atoms with Crippen molar-refractivity contribution in [3.8, 4) is 6.07 Å². The number of aromatic nitrogens is 2. The molecule has 0 aliphatic rings. The second-order valence-electron chi connectivity index (χ2n) is 3.20. The van der Waals surface area contributed by atoms with Crippen molar-refractivity contribution in [2.24, 2.45) is 7.05 Å². The fourth-order valence-corrected chi connectivity index (χ4v) is 2.20. The van der Waals surface area contributed by atoms with E-state index in [4.69, 9.17) is 5.26 Å². The van der Waals surface area contributed by atoms with Crippen LogP contribution in [0.4, 0.5) is 0 Å². The van der Waals surface area contributed by atoms with Gasteiger partial charge >= 0.3 is 0 Å². The van der Waals surface area contributed by atoms with Gasteiger partial charge in [-0.1, -0.05) is 0 Å². The van der Waals surface area contributed by atoms with E-state index in [0.717, 1.165) is 4.31 Å². The Morgan fingerprint density at radius 1 is 1.67 bits per heavy atom. The number of hydrogen-bond donors (Lipinski definition) is 0. The van der Waals surface area contributed by atoms with Crippen molar-refractivity contribution in [1.82, 2.24) is 13.9 Å². The molecular formula is C8H12N4O2S. The number of sulfonamides is 1. The quantitative estimate of drug-likeness (QED) is 0.726. The average Bonchev–Trinajstić information content (AvgIpc) is 2.63. The Kier molecular flexibility index (Phi) is 3.12. The van der Waals surface area contributed by atoms with Crippen LogP contribution in [0.15, 0.2) is 17.6 Å². The van der Waals surface area contributed by atoms with Gasteiger partial charge in [-0.3, -0.25) is 0 Å². The van der Waals surface area contributed by atoms with Gasteiger partial charge < -0.3 is 4.57 Å². The zero-order chi connectivity index (χ0) is 11.6. The van der Waals surface area contributed by atoms with E-state index in [1.165, 1.54) is 31.1 Å². The first-order chi connectivity index (χ1) is 6.89. The zero-order valence-electron chi connectivity index (χ0n) is 8.75. The number of rotatable bonds is 3. The molecule has 0 saturated heterocycles. The van der Waals surface area contributed by atoms with Crippen molar-refractivity contribution in [3.05, 3.63) is 12.5 Å². The van der Waals surface area contributed by atoms with Gasteiger partial charge in [0.2, 0.25) is 0 Å². The van der Waals surface area contributed by atoms with Crippen LogP contribution in [0.3, 0.4) is 0 Å². The van der Waals surface area contributed by atoms with E-state index >= 15 is 0 Å². The number of imidazole rings is 1. The highest BCUT2D eigenvalue weighted by Crippen LogP contribution is 2.13. The first-order valence-corrected chi connectivity index (χ1v) is 5.69. The lowest BCUT2D eigenvalue weighted by Crippen LogP contribution is -2.34. The van der Waals surface area contributed by atoms with Gasteiger partial charge in [0.1, 0.15) is 6.04 Å². The van der Waals surface area contributed by atoms with Crippen LogP contribution in [0.25, 0.3) is 0 Å². The molecule has 1 atom stereocenters. The number of nitrogens with zero attached hydrogens (tertiary/aromatic N) is 4. The summed E-state index contributed by atoms with van der Waals surface area (Å²) in [5.74, 6) is 0. The number of aryl methyl sites for hydroxylation is 1. The van der Waals surface area contributed by atoms with Crippen LogP contribution in [0.1, 0.15) is 6.92 Å². The summed E-state index contributed by atoms with van der Waals surface area (Å²) < 4.78 is 26.2. The maximum Gasteiger partial charge on any atom is 0.263 e. The predicted octanol–water partition coefficient (Wildman–Crippen LogP) is -0.0473. The Labute approximate surface area is 88.8 Å². The molecule has 0 saturated carbocycles. The molecule has 0 N–H and O–H groups in total.